The lowest BCUT2D eigenvalue weighted by molar-refractivity contribution is 0.577. The minimum Gasteiger partial charge on any atom is -0.242 e. The number of aromatic nitrogens is 1. The van der Waals surface area contributed by atoms with E-state index in [0.717, 1.165) is 0 Å². The lowest BCUT2D eigenvalue weighted by Crippen LogP contribution is -2.01. The van der Waals surface area contributed by atoms with Gasteiger partial charge in [0.25, 0.3) is 0 Å². The van der Waals surface area contributed by atoms with Crippen LogP contribution in [0.5, 0.6) is 0 Å². The van der Waals surface area contributed by atoms with E-state index in [-0.39, 0.29) is 5.15 Å². The van der Waals surface area contributed by atoms with Crippen LogP contribution >= 0.6 is 11.6 Å². The van der Waals surface area contributed by atoms with Gasteiger partial charge in [0, 0.05) is 6.20 Å². The zero-order valence-corrected chi connectivity index (χ0v) is 8.48. The molecule has 1 heterocycles. The Balaban J connectivity index is 2.83. The topological polar surface area (TPSA) is 12.9 Å². The van der Waals surface area contributed by atoms with E-state index < -0.39 is 5.82 Å². The third kappa shape index (κ3) is 2.66. The highest BCUT2D eigenvalue weighted by Crippen LogP contribution is 2.18. The molecule has 0 saturated carbocycles. The molecule has 0 bridgehead atoms. The van der Waals surface area contributed by atoms with Crippen LogP contribution in [0.25, 0.3) is 0 Å². The van der Waals surface area contributed by atoms with Gasteiger partial charge >= 0.3 is 0 Å². The molecule has 1 aromatic heterocycles. The largest absolute Gasteiger partial charge is 0.242 e. The normalized spacial score (nSPS) is 12.9. The molecular formula is C10H12ClFN. The Morgan fingerprint density at radius 3 is 3.00 bits per heavy atom. The Morgan fingerprint density at radius 1 is 1.69 bits per heavy atom. The van der Waals surface area contributed by atoms with Crippen LogP contribution in [0.2, 0.25) is 5.15 Å². The maximum Gasteiger partial charge on any atom is 0.164 e. The van der Waals surface area contributed by atoms with Crippen LogP contribution < -0.4 is 0 Å². The molecular weight excluding hydrogens is 189 g/mol. The molecule has 71 valence electrons. The van der Waals surface area contributed by atoms with Crippen molar-refractivity contribution in [3.05, 3.63) is 35.2 Å². The van der Waals surface area contributed by atoms with E-state index in [0.29, 0.717) is 17.9 Å². The monoisotopic (exact) mass is 200 g/mol. The van der Waals surface area contributed by atoms with Gasteiger partial charge in [0.1, 0.15) is 0 Å². The Labute approximate surface area is 82.9 Å². The molecule has 1 rings (SSSR count). The molecule has 1 unspecified atom stereocenters. The molecule has 0 N–H and O–H groups in total. The van der Waals surface area contributed by atoms with Crippen molar-refractivity contribution < 1.29 is 4.39 Å². The lowest BCUT2D eigenvalue weighted by Gasteiger charge is -2.08. The van der Waals surface area contributed by atoms with Gasteiger partial charge in [-0.05, 0) is 30.4 Å². The van der Waals surface area contributed by atoms with Gasteiger partial charge in [0.05, 0.1) is 0 Å². The minimum absolute atomic E-state index is 0.0409. The Kier molecular flexibility index (Phi) is 3.67. The summed E-state index contributed by atoms with van der Waals surface area (Å²) in [5.41, 5.74) is 0.630. The summed E-state index contributed by atoms with van der Waals surface area (Å²) in [6.45, 7) is 4.00. The van der Waals surface area contributed by atoms with Crippen molar-refractivity contribution in [3.8, 4) is 0 Å². The molecule has 1 nitrogen and oxygen atoms in total. The summed E-state index contributed by atoms with van der Waals surface area (Å²) < 4.78 is 13.3. The number of halogens is 2. The molecule has 0 aliphatic heterocycles. The zero-order valence-electron chi connectivity index (χ0n) is 7.72. The maximum atomic E-state index is 13.3. The number of rotatable bonds is 3. The molecule has 0 aliphatic carbocycles. The van der Waals surface area contributed by atoms with E-state index in [1.54, 1.807) is 6.07 Å². The van der Waals surface area contributed by atoms with E-state index in [9.17, 15) is 4.39 Å². The quantitative estimate of drug-likeness (QED) is 0.683. The van der Waals surface area contributed by atoms with Crippen LogP contribution in [0, 0.1) is 18.2 Å². The fourth-order valence-corrected chi connectivity index (χ4v) is 1.26. The molecule has 0 spiro atoms. The number of hydrogen-bond acceptors (Lipinski definition) is 1. The highest BCUT2D eigenvalue weighted by atomic mass is 35.5. The summed E-state index contributed by atoms with van der Waals surface area (Å²) in [5.74, 6) is -0.0363. The summed E-state index contributed by atoms with van der Waals surface area (Å²) >= 11 is 5.54. The van der Waals surface area contributed by atoms with Gasteiger partial charge in [-0.15, -0.1) is 0 Å². The first-order valence-corrected chi connectivity index (χ1v) is 4.61. The summed E-state index contributed by atoms with van der Waals surface area (Å²) in [4.78, 5) is 3.65. The van der Waals surface area contributed by atoms with Gasteiger partial charge in [-0.3, -0.25) is 0 Å². The smallest absolute Gasteiger partial charge is 0.164 e. The molecule has 13 heavy (non-hydrogen) atoms. The molecule has 0 amide bonds. The highest BCUT2D eigenvalue weighted by molar-refractivity contribution is 6.29. The highest BCUT2D eigenvalue weighted by Gasteiger charge is 2.09. The first-order valence-electron chi connectivity index (χ1n) is 4.23. The second kappa shape index (κ2) is 4.56. The predicted molar refractivity (Wildman–Crippen MR) is 52.0 cm³/mol. The van der Waals surface area contributed by atoms with Crippen LogP contribution in [-0.4, -0.2) is 4.98 Å². The van der Waals surface area contributed by atoms with Crippen molar-refractivity contribution in [2.75, 3.05) is 0 Å². The first kappa shape index (κ1) is 10.5. The van der Waals surface area contributed by atoms with Gasteiger partial charge in [-0.2, -0.15) is 0 Å². The maximum absolute atomic E-state index is 13.3. The summed E-state index contributed by atoms with van der Waals surface area (Å²) in [6.07, 6.45) is 4.24. The van der Waals surface area contributed by atoms with Gasteiger partial charge in [0.15, 0.2) is 11.0 Å². The van der Waals surface area contributed by atoms with Crippen molar-refractivity contribution in [1.82, 2.24) is 4.98 Å². The Bertz CT molecular complexity index is 288. The van der Waals surface area contributed by atoms with Gasteiger partial charge in [-0.1, -0.05) is 25.4 Å². The van der Waals surface area contributed by atoms with Gasteiger partial charge in [0.2, 0.25) is 0 Å². The third-order valence-corrected chi connectivity index (χ3v) is 2.30. The van der Waals surface area contributed by atoms with Crippen LogP contribution in [-0.2, 0) is 6.42 Å². The summed E-state index contributed by atoms with van der Waals surface area (Å²) in [6, 6.07) is 1.67. The molecule has 0 saturated heterocycles. The van der Waals surface area contributed by atoms with Gasteiger partial charge < -0.3 is 0 Å². The summed E-state index contributed by atoms with van der Waals surface area (Å²) in [7, 11) is 0. The molecule has 1 aromatic rings. The summed E-state index contributed by atoms with van der Waals surface area (Å²) in [5, 5.41) is -0.0409. The van der Waals surface area contributed by atoms with Crippen LogP contribution in [0.3, 0.4) is 0 Å². The third-order valence-electron chi connectivity index (χ3n) is 2.04. The fourth-order valence-electron chi connectivity index (χ4n) is 1.08. The molecule has 1 radical (unpaired) electrons. The van der Waals surface area contributed by atoms with Crippen LogP contribution in [0.15, 0.2) is 12.3 Å². The van der Waals surface area contributed by atoms with E-state index >= 15 is 0 Å². The zero-order chi connectivity index (χ0) is 9.84. The van der Waals surface area contributed by atoms with Crippen molar-refractivity contribution >= 4 is 11.6 Å². The van der Waals surface area contributed by atoms with E-state index in [2.05, 4.69) is 4.98 Å². The van der Waals surface area contributed by atoms with Crippen molar-refractivity contribution in [2.45, 2.75) is 20.3 Å². The second-order valence-corrected chi connectivity index (χ2v) is 3.45. The molecule has 1 atom stereocenters. The number of nitrogens with zero attached hydrogens (tertiary/aromatic N) is 1. The predicted octanol–water partition coefficient (Wildman–Crippen LogP) is 3.28. The van der Waals surface area contributed by atoms with E-state index in [4.69, 9.17) is 11.6 Å². The molecule has 0 fully saturated rings. The lowest BCUT2D eigenvalue weighted by atomic mass is 9.99. The van der Waals surface area contributed by atoms with Crippen molar-refractivity contribution in [1.29, 1.82) is 0 Å². The van der Waals surface area contributed by atoms with E-state index in [1.807, 2.05) is 20.3 Å². The van der Waals surface area contributed by atoms with Crippen molar-refractivity contribution in [3.63, 3.8) is 0 Å². The van der Waals surface area contributed by atoms with Crippen LogP contribution in [0.1, 0.15) is 19.4 Å². The minimum atomic E-state index is -0.391. The molecule has 3 heteroatoms. The SMILES string of the molecule is C[CH]C(C)Cc1ccnc(Cl)c1F. The standard InChI is InChI=1S/C10H12ClFN/c1-3-7(2)6-8-4-5-13-10(11)9(8)12/h3-5,7H,6H2,1-2H3. The Morgan fingerprint density at radius 2 is 2.38 bits per heavy atom. The first-order chi connectivity index (χ1) is 6.15. The number of pyridine rings is 1. The molecule has 0 aromatic carbocycles. The van der Waals surface area contributed by atoms with Gasteiger partial charge in [-0.25, -0.2) is 9.37 Å². The van der Waals surface area contributed by atoms with Crippen LogP contribution in [0.4, 0.5) is 4.39 Å². The molecule has 0 aliphatic rings. The fraction of sp³-hybridized carbons (Fsp3) is 0.400. The Hall–Kier alpha value is -0.630. The number of hydrogen-bond donors (Lipinski definition) is 0. The second-order valence-electron chi connectivity index (χ2n) is 3.09. The van der Waals surface area contributed by atoms with E-state index in [1.165, 1.54) is 6.20 Å². The van der Waals surface area contributed by atoms with Crippen molar-refractivity contribution in [2.24, 2.45) is 5.92 Å². The average molecular weight is 201 g/mol. The average Bonchev–Trinajstić information content (AvgIpc) is 2.13.